The lowest BCUT2D eigenvalue weighted by atomic mass is 10.2. The van der Waals surface area contributed by atoms with Crippen LogP contribution in [0.1, 0.15) is 6.42 Å². The Morgan fingerprint density at radius 1 is 1.47 bits per heavy atom. The minimum atomic E-state index is -0.957. The lowest BCUT2D eigenvalue weighted by molar-refractivity contribution is 0.633. The van der Waals surface area contributed by atoms with Crippen molar-refractivity contribution in [3.63, 3.8) is 0 Å². The molecule has 2 nitrogen and oxygen atoms in total. The lowest BCUT2D eigenvalue weighted by Crippen LogP contribution is -2.15. The van der Waals surface area contributed by atoms with Gasteiger partial charge in [-0.3, -0.25) is 4.21 Å². The third-order valence-corrected chi connectivity index (χ3v) is 4.69. The molecular formula is C11H14ClNOS. The van der Waals surface area contributed by atoms with Crippen LogP contribution in [-0.2, 0) is 10.8 Å². The van der Waals surface area contributed by atoms with Crippen LogP contribution in [0.15, 0.2) is 29.2 Å². The summed E-state index contributed by atoms with van der Waals surface area (Å²) in [6.45, 7) is 2.03. The molecule has 2 rings (SSSR count). The Kier molecular flexibility index (Phi) is 3.78. The molecule has 0 amide bonds. The lowest BCUT2D eigenvalue weighted by Gasteiger charge is -2.08. The third kappa shape index (κ3) is 2.80. The average Bonchev–Trinajstić information content (AvgIpc) is 2.71. The highest BCUT2D eigenvalue weighted by atomic mass is 35.5. The Morgan fingerprint density at radius 2 is 2.27 bits per heavy atom. The molecule has 1 aliphatic rings. The van der Waals surface area contributed by atoms with E-state index in [2.05, 4.69) is 5.32 Å². The van der Waals surface area contributed by atoms with Crippen LogP contribution in [0, 0.1) is 5.92 Å². The SMILES string of the molecule is O=S(CC1CCNC1)c1ccccc1Cl. The van der Waals surface area contributed by atoms with E-state index in [-0.39, 0.29) is 0 Å². The zero-order valence-electron chi connectivity index (χ0n) is 8.41. The van der Waals surface area contributed by atoms with Gasteiger partial charge in [0.15, 0.2) is 0 Å². The Hall–Kier alpha value is -0.380. The number of nitrogens with one attached hydrogen (secondary N) is 1. The van der Waals surface area contributed by atoms with Gasteiger partial charge in [-0.05, 0) is 37.6 Å². The molecule has 15 heavy (non-hydrogen) atoms. The van der Waals surface area contributed by atoms with Crippen molar-refractivity contribution in [2.75, 3.05) is 18.8 Å². The third-order valence-electron chi connectivity index (χ3n) is 2.63. The molecule has 1 saturated heterocycles. The van der Waals surface area contributed by atoms with Gasteiger partial charge in [-0.15, -0.1) is 0 Å². The molecular weight excluding hydrogens is 230 g/mol. The Labute approximate surface area is 97.5 Å². The molecule has 1 N–H and O–H groups in total. The molecule has 2 unspecified atom stereocenters. The number of halogens is 1. The molecule has 0 aromatic heterocycles. The smallest absolute Gasteiger partial charge is 0.0574 e. The van der Waals surface area contributed by atoms with Gasteiger partial charge in [0, 0.05) is 5.75 Å². The van der Waals surface area contributed by atoms with Crippen molar-refractivity contribution in [1.29, 1.82) is 0 Å². The average molecular weight is 244 g/mol. The summed E-state index contributed by atoms with van der Waals surface area (Å²) >= 11 is 6.00. The zero-order chi connectivity index (χ0) is 10.7. The van der Waals surface area contributed by atoms with Crippen LogP contribution < -0.4 is 5.32 Å². The minimum absolute atomic E-state index is 0.530. The maximum atomic E-state index is 12.0. The van der Waals surface area contributed by atoms with E-state index in [0.717, 1.165) is 30.2 Å². The van der Waals surface area contributed by atoms with E-state index in [1.165, 1.54) is 0 Å². The summed E-state index contributed by atoms with van der Waals surface area (Å²) in [5.41, 5.74) is 0. The molecule has 0 spiro atoms. The predicted octanol–water partition coefficient (Wildman–Crippen LogP) is 2.06. The fraction of sp³-hybridized carbons (Fsp3) is 0.455. The first kappa shape index (κ1) is 11.1. The van der Waals surface area contributed by atoms with E-state index >= 15 is 0 Å². The maximum absolute atomic E-state index is 12.0. The topological polar surface area (TPSA) is 29.1 Å². The standard InChI is InChI=1S/C11H14ClNOS/c12-10-3-1-2-4-11(10)15(14)8-9-5-6-13-7-9/h1-4,9,13H,5-8H2. The molecule has 82 valence electrons. The van der Waals surface area contributed by atoms with Crippen LogP contribution in [0.4, 0.5) is 0 Å². The van der Waals surface area contributed by atoms with E-state index in [1.54, 1.807) is 6.07 Å². The van der Waals surface area contributed by atoms with E-state index in [0.29, 0.717) is 10.9 Å². The van der Waals surface area contributed by atoms with Gasteiger partial charge in [0.2, 0.25) is 0 Å². The van der Waals surface area contributed by atoms with Crippen LogP contribution in [0.25, 0.3) is 0 Å². The number of rotatable bonds is 3. The van der Waals surface area contributed by atoms with E-state index in [4.69, 9.17) is 11.6 Å². The van der Waals surface area contributed by atoms with Crippen molar-refractivity contribution >= 4 is 22.4 Å². The minimum Gasteiger partial charge on any atom is -0.316 e. The normalized spacial score (nSPS) is 22.9. The van der Waals surface area contributed by atoms with Crippen molar-refractivity contribution in [2.24, 2.45) is 5.92 Å². The van der Waals surface area contributed by atoms with Crippen molar-refractivity contribution in [1.82, 2.24) is 5.32 Å². The Morgan fingerprint density at radius 3 is 2.93 bits per heavy atom. The van der Waals surface area contributed by atoms with Gasteiger partial charge in [0.05, 0.1) is 20.7 Å². The molecule has 1 heterocycles. The van der Waals surface area contributed by atoms with Crippen LogP contribution in [-0.4, -0.2) is 23.1 Å². The quantitative estimate of drug-likeness (QED) is 0.881. The number of benzene rings is 1. The Balaban J connectivity index is 2.04. The van der Waals surface area contributed by atoms with Gasteiger partial charge in [-0.1, -0.05) is 23.7 Å². The van der Waals surface area contributed by atoms with E-state index in [9.17, 15) is 4.21 Å². The summed E-state index contributed by atoms with van der Waals surface area (Å²) < 4.78 is 12.0. The van der Waals surface area contributed by atoms with Gasteiger partial charge in [0.1, 0.15) is 0 Å². The fourth-order valence-electron chi connectivity index (χ4n) is 1.79. The maximum Gasteiger partial charge on any atom is 0.0574 e. The van der Waals surface area contributed by atoms with Crippen LogP contribution >= 0.6 is 11.6 Å². The predicted molar refractivity (Wildman–Crippen MR) is 63.7 cm³/mol. The van der Waals surface area contributed by atoms with Crippen molar-refractivity contribution in [3.05, 3.63) is 29.3 Å². The van der Waals surface area contributed by atoms with Crippen molar-refractivity contribution in [2.45, 2.75) is 11.3 Å². The molecule has 0 bridgehead atoms. The summed E-state index contributed by atoms with van der Waals surface area (Å²) in [7, 11) is -0.957. The first-order valence-corrected chi connectivity index (χ1v) is 6.80. The largest absolute Gasteiger partial charge is 0.316 e. The highest BCUT2D eigenvalue weighted by Crippen LogP contribution is 2.21. The second-order valence-electron chi connectivity index (χ2n) is 3.80. The molecule has 1 aromatic carbocycles. The summed E-state index contributed by atoms with van der Waals surface area (Å²) in [4.78, 5) is 0.770. The number of hydrogen-bond donors (Lipinski definition) is 1. The van der Waals surface area contributed by atoms with Gasteiger partial charge < -0.3 is 5.32 Å². The first-order chi connectivity index (χ1) is 7.27. The summed E-state index contributed by atoms with van der Waals surface area (Å²) in [6.07, 6.45) is 1.12. The molecule has 2 atom stereocenters. The monoisotopic (exact) mass is 243 g/mol. The Bertz CT molecular complexity index is 363. The number of hydrogen-bond acceptors (Lipinski definition) is 2. The summed E-state index contributed by atoms with van der Waals surface area (Å²) in [5.74, 6) is 1.25. The van der Waals surface area contributed by atoms with Gasteiger partial charge in [0.25, 0.3) is 0 Å². The zero-order valence-corrected chi connectivity index (χ0v) is 9.98. The highest BCUT2D eigenvalue weighted by molar-refractivity contribution is 7.85. The second kappa shape index (κ2) is 5.10. The first-order valence-electron chi connectivity index (χ1n) is 5.11. The van der Waals surface area contributed by atoms with Crippen LogP contribution in [0.5, 0.6) is 0 Å². The molecule has 1 aromatic rings. The highest BCUT2D eigenvalue weighted by Gasteiger charge is 2.19. The molecule has 0 saturated carbocycles. The molecule has 1 aliphatic heterocycles. The summed E-state index contributed by atoms with van der Waals surface area (Å²) in [5, 5.41) is 3.89. The van der Waals surface area contributed by atoms with Crippen LogP contribution in [0.2, 0.25) is 5.02 Å². The van der Waals surface area contributed by atoms with Crippen molar-refractivity contribution < 1.29 is 4.21 Å². The van der Waals surface area contributed by atoms with Gasteiger partial charge in [-0.25, -0.2) is 0 Å². The van der Waals surface area contributed by atoms with E-state index in [1.807, 2.05) is 18.2 Å². The molecule has 0 radical (unpaired) electrons. The van der Waals surface area contributed by atoms with Gasteiger partial charge in [-0.2, -0.15) is 0 Å². The molecule has 4 heteroatoms. The van der Waals surface area contributed by atoms with E-state index < -0.39 is 10.8 Å². The second-order valence-corrected chi connectivity index (χ2v) is 5.67. The molecule has 0 aliphatic carbocycles. The van der Waals surface area contributed by atoms with Gasteiger partial charge >= 0.3 is 0 Å². The molecule has 1 fully saturated rings. The van der Waals surface area contributed by atoms with Crippen LogP contribution in [0.3, 0.4) is 0 Å². The summed E-state index contributed by atoms with van der Waals surface area (Å²) in [6, 6.07) is 7.38. The van der Waals surface area contributed by atoms with Crippen molar-refractivity contribution in [3.8, 4) is 0 Å². The fourth-order valence-corrected chi connectivity index (χ4v) is 3.59.